The van der Waals surface area contributed by atoms with Crippen molar-refractivity contribution in [1.82, 2.24) is 4.90 Å². The number of hydrogen-bond donors (Lipinski definition) is 1. The molecule has 3 aromatic rings. The second-order valence-electron chi connectivity index (χ2n) is 8.67. The second kappa shape index (κ2) is 12.1. The standard InChI is InChI=1S/C29H27NO7/c31-26(21-10-12-23(13-11-21)37-17-16-36-19-20-6-2-1-3-7-20)18-22(29(34)35)14-15-30-27(32)24-8-4-5-9-25(24)28(30)33/h1-13,22H,14-19H2,(H,34,35). The van der Waals surface area contributed by atoms with E-state index >= 15 is 0 Å². The van der Waals surface area contributed by atoms with E-state index in [9.17, 15) is 24.3 Å². The molecule has 3 aromatic carbocycles. The van der Waals surface area contributed by atoms with Gasteiger partial charge in [-0.25, -0.2) is 0 Å². The molecule has 1 unspecified atom stereocenters. The molecule has 8 nitrogen and oxygen atoms in total. The lowest BCUT2D eigenvalue weighted by molar-refractivity contribution is -0.142. The summed E-state index contributed by atoms with van der Waals surface area (Å²) in [6, 6.07) is 22.8. The van der Waals surface area contributed by atoms with Gasteiger partial charge in [0.1, 0.15) is 12.4 Å². The molecule has 0 aliphatic carbocycles. The number of ketones is 1. The van der Waals surface area contributed by atoms with Crippen molar-refractivity contribution in [2.75, 3.05) is 19.8 Å². The van der Waals surface area contributed by atoms with Gasteiger partial charge in [0.25, 0.3) is 11.8 Å². The predicted octanol–water partition coefficient (Wildman–Crippen LogP) is 4.24. The van der Waals surface area contributed by atoms with Gasteiger partial charge in [-0.2, -0.15) is 0 Å². The molecule has 0 aromatic heterocycles. The fourth-order valence-corrected chi connectivity index (χ4v) is 4.10. The molecule has 1 N–H and O–H groups in total. The van der Waals surface area contributed by atoms with Crippen LogP contribution in [0.1, 0.15) is 49.5 Å². The lowest BCUT2D eigenvalue weighted by atomic mass is 9.95. The molecule has 37 heavy (non-hydrogen) atoms. The number of rotatable bonds is 13. The third-order valence-electron chi connectivity index (χ3n) is 6.14. The Morgan fingerprint density at radius 1 is 0.811 bits per heavy atom. The maximum atomic E-state index is 12.7. The molecule has 190 valence electrons. The Balaban J connectivity index is 1.24. The molecule has 1 aliphatic rings. The van der Waals surface area contributed by atoms with E-state index in [4.69, 9.17) is 9.47 Å². The molecule has 0 fully saturated rings. The van der Waals surface area contributed by atoms with E-state index in [2.05, 4.69) is 0 Å². The maximum absolute atomic E-state index is 12.7. The summed E-state index contributed by atoms with van der Waals surface area (Å²) in [4.78, 5) is 50.6. The zero-order valence-electron chi connectivity index (χ0n) is 20.2. The van der Waals surface area contributed by atoms with E-state index in [0.717, 1.165) is 10.5 Å². The van der Waals surface area contributed by atoms with Gasteiger partial charge in [-0.05, 0) is 48.4 Å². The summed E-state index contributed by atoms with van der Waals surface area (Å²) in [7, 11) is 0. The van der Waals surface area contributed by atoms with Crippen molar-refractivity contribution in [3.05, 3.63) is 101 Å². The first-order valence-corrected chi connectivity index (χ1v) is 12.0. The summed E-state index contributed by atoms with van der Waals surface area (Å²) in [6.07, 6.45) is -0.261. The van der Waals surface area contributed by atoms with Crippen LogP contribution in [0.4, 0.5) is 0 Å². The average molecular weight is 502 g/mol. The fraction of sp³-hybridized carbons (Fsp3) is 0.241. The van der Waals surface area contributed by atoms with E-state index in [1.165, 1.54) is 0 Å². The Morgan fingerprint density at radius 3 is 2.05 bits per heavy atom. The van der Waals surface area contributed by atoms with Crippen LogP contribution >= 0.6 is 0 Å². The first kappa shape index (κ1) is 25.8. The largest absolute Gasteiger partial charge is 0.491 e. The van der Waals surface area contributed by atoms with E-state index < -0.39 is 23.7 Å². The molecule has 4 rings (SSSR count). The van der Waals surface area contributed by atoms with Crippen molar-refractivity contribution in [1.29, 1.82) is 0 Å². The van der Waals surface area contributed by atoms with Gasteiger partial charge >= 0.3 is 5.97 Å². The van der Waals surface area contributed by atoms with E-state index in [-0.39, 0.29) is 25.2 Å². The summed E-state index contributed by atoms with van der Waals surface area (Å²) in [5.74, 6) is -2.85. The third-order valence-corrected chi connectivity index (χ3v) is 6.14. The Labute approximate surface area is 214 Å². The number of imide groups is 1. The molecule has 2 amide bonds. The highest BCUT2D eigenvalue weighted by molar-refractivity contribution is 6.21. The van der Waals surface area contributed by atoms with Gasteiger partial charge in [0.05, 0.1) is 30.3 Å². The van der Waals surface area contributed by atoms with Crippen LogP contribution in [-0.4, -0.2) is 53.3 Å². The number of carbonyl (C=O) groups is 4. The maximum Gasteiger partial charge on any atom is 0.307 e. The fourth-order valence-electron chi connectivity index (χ4n) is 4.10. The number of ether oxygens (including phenoxy) is 2. The van der Waals surface area contributed by atoms with E-state index in [1.807, 2.05) is 30.3 Å². The first-order chi connectivity index (χ1) is 17.9. The molecule has 8 heteroatoms. The van der Waals surface area contributed by atoms with Gasteiger partial charge in [0, 0.05) is 18.5 Å². The summed E-state index contributed by atoms with van der Waals surface area (Å²) in [5, 5.41) is 9.63. The average Bonchev–Trinajstić information content (AvgIpc) is 3.16. The van der Waals surface area contributed by atoms with Gasteiger partial charge < -0.3 is 14.6 Å². The Hall–Kier alpha value is -4.30. The molecule has 1 heterocycles. The number of benzene rings is 3. The van der Waals surface area contributed by atoms with Gasteiger partial charge in [-0.1, -0.05) is 42.5 Å². The smallest absolute Gasteiger partial charge is 0.307 e. The van der Waals surface area contributed by atoms with E-state index in [1.54, 1.807) is 48.5 Å². The number of carboxylic acid groups (broad SMARTS) is 1. The number of Topliss-reactive ketones (excluding diaryl/α,β-unsaturated/α-hetero) is 1. The van der Waals surface area contributed by atoms with Crippen molar-refractivity contribution in [3.8, 4) is 5.75 Å². The highest BCUT2D eigenvalue weighted by Gasteiger charge is 2.35. The molecule has 0 spiro atoms. The molecule has 0 saturated carbocycles. The van der Waals surface area contributed by atoms with Gasteiger partial charge in [-0.15, -0.1) is 0 Å². The highest BCUT2D eigenvalue weighted by atomic mass is 16.5. The molecule has 1 aliphatic heterocycles. The third kappa shape index (κ3) is 6.48. The summed E-state index contributed by atoms with van der Waals surface area (Å²) < 4.78 is 11.2. The van der Waals surface area contributed by atoms with Crippen LogP contribution in [0.3, 0.4) is 0 Å². The minimum Gasteiger partial charge on any atom is -0.491 e. The van der Waals surface area contributed by atoms with Crippen LogP contribution in [0.15, 0.2) is 78.9 Å². The second-order valence-corrected chi connectivity index (χ2v) is 8.67. The summed E-state index contributed by atoms with van der Waals surface area (Å²) in [5.41, 5.74) is 2.05. The molecule has 0 saturated heterocycles. The minimum atomic E-state index is -1.15. The van der Waals surface area contributed by atoms with Crippen molar-refractivity contribution >= 4 is 23.6 Å². The molecule has 0 radical (unpaired) electrons. The van der Waals surface area contributed by atoms with Crippen molar-refractivity contribution < 1.29 is 33.8 Å². The van der Waals surface area contributed by atoms with E-state index in [0.29, 0.717) is 42.3 Å². The van der Waals surface area contributed by atoms with Crippen LogP contribution in [0.5, 0.6) is 5.75 Å². The monoisotopic (exact) mass is 501 g/mol. The summed E-state index contributed by atoms with van der Waals surface area (Å²) >= 11 is 0. The number of carboxylic acids is 1. The van der Waals surface area contributed by atoms with Crippen LogP contribution < -0.4 is 4.74 Å². The molecule has 1 atom stereocenters. The van der Waals surface area contributed by atoms with Crippen molar-refractivity contribution in [3.63, 3.8) is 0 Å². The van der Waals surface area contributed by atoms with Crippen molar-refractivity contribution in [2.45, 2.75) is 19.4 Å². The topological polar surface area (TPSA) is 110 Å². The lowest BCUT2D eigenvalue weighted by Gasteiger charge is -2.17. The number of aliphatic carboxylic acids is 1. The Morgan fingerprint density at radius 2 is 1.43 bits per heavy atom. The zero-order valence-corrected chi connectivity index (χ0v) is 20.2. The lowest BCUT2D eigenvalue weighted by Crippen LogP contribution is -2.33. The zero-order chi connectivity index (χ0) is 26.2. The predicted molar refractivity (Wildman–Crippen MR) is 135 cm³/mol. The minimum absolute atomic E-state index is 0.0171. The molecule has 0 bridgehead atoms. The number of nitrogens with zero attached hydrogens (tertiary/aromatic N) is 1. The van der Waals surface area contributed by atoms with Gasteiger partial charge in [-0.3, -0.25) is 24.1 Å². The number of amides is 2. The number of carbonyl (C=O) groups excluding carboxylic acids is 3. The molecular formula is C29H27NO7. The normalized spacial score (nSPS) is 13.4. The van der Waals surface area contributed by atoms with Gasteiger partial charge in [0.2, 0.25) is 0 Å². The number of fused-ring (bicyclic) bond motifs is 1. The van der Waals surface area contributed by atoms with Crippen LogP contribution in [0.25, 0.3) is 0 Å². The van der Waals surface area contributed by atoms with Crippen LogP contribution in [0.2, 0.25) is 0 Å². The van der Waals surface area contributed by atoms with Gasteiger partial charge in [0.15, 0.2) is 5.78 Å². The quantitative estimate of drug-likeness (QED) is 0.212. The summed E-state index contributed by atoms with van der Waals surface area (Å²) in [6.45, 7) is 1.17. The highest BCUT2D eigenvalue weighted by Crippen LogP contribution is 2.24. The van der Waals surface area contributed by atoms with Crippen molar-refractivity contribution in [2.24, 2.45) is 5.92 Å². The van der Waals surface area contributed by atoms with Crippen LogP contribution in [-0.2, 0) is 16.1 Å². The van der Waals surface area contributed by atoms with Crippen LogP contribution in [0, 0.1) is 5.92 Å². The SMILES string of the molecule is O=C(CC(CCN1C(=O)c2ccccc2C1=O)C(=O)O)c1ccc(OCCOCc2ccccc2)cc1. The Kier molecular flexibility index (Phi) is 8.43. The Bertz CT molecular complexity index is 1240. The number of hydrogen-bond acceptors (Lipinski definition) is 6. The molecular weight excluding hydrogens is 474 g/mol. The first-order valence-electron chi connectivity index (χ1n) is 12.0.